The Kier molecular flexibility index (Phi) is 10.4. The molecule has 10 nitrogen and oxygen atoms in total. The highest BCUT2D eigenvalue weighted by Gasteiger charge is 2.27. The number of nitrogens with one attached hydrogen (secondary N) is 2. The van der Waals surface area contributed by atoms with E-state index in [1.807, 2.05) is 6.92 Å². The number of carbonyl (C=O) groups excluding carboxylic acids is 2. The van der Waals surface area contributed by atoms with Crippen LogP contribution in [-0.2, 0) is 19.6 Å². The van der Waals surface area contributed by atoms with Crippen LogP contribution in [0.4, 0.5) is 11.4 Å². The Morgan fingerprint density at radius 2 is 1.53 bits per heavy atom. The largest absolute Gasteiger partial charge is 0.497 e. The number of sulfonamides is 1. The van der Waals surface area contributed by atoms with Gasteiger partial charge in [0.05, 0.1) is 34.6 Å². The van der Waals surface area contributed by atoms with E-state index in [0.717, 1.165) is 9.87 Å². The van der Waals surface area contributed by atoms with Crippen LogP contribution in [0.5, 0.6) is 11.5 Å². The van der Waals surface area contributed by atoms with E-state index in [9.17, 15) is 18.0 Å². The van der Waals surface area contributed by atoms with E-state index in [0.29, 0.717) is 33.5 Å². The molecule has 0 fully saturated rings. The van der Waals surface area contributed by atoms with E-state index >= 15 is 0 Å². The molecule has 4 aromatic rings. The predicted molar refractivity (Wildman–Crippen MR) is 166 cm³/mol. The van der Waals surface area contributed by atoms with Gasteiger partial charge in [-0.3, -0.25) is 13.9 Å². The van der Waals surface area contributed by atoms with Crippen molar-refractivity contribution >= 4 is 51.0 Å². The number of ether oxygens (including phenoxy) is 2. The van der Waals surface area contributed by atoms with E-state index < -0.39 is 22.5 Å². The molecule has 2 N–H and O–H groups in total. The molecular formula is C31H29ClN4O6S. The lowest BCUT2D eigenvalue weighted by molar-refractivity contribution is -0.119. The topological polar surface area (TPSA) is 126 Å². The Balaban J connectivity index is 1.36. The van der Waals surface area contributed by atoms with Gasteiger partial charge < -0.3 is 14.8 Å². The zero-order chi connectivity index (χ0) is 30.8. The van der Waals surface area contributed by atoms with E-state index in [1.165, 1.54) is 37.6 Å². The first kappa shape index (κ1) is 31.1. The van der Waals surface area contributed by atoms with Crippen LogP contribution in [-0.4, -0.2) is 46.7 Å². The standard InChI is InChI=1S/C31H29ClN4O6S/c1-22-7-11-24(12-8-22)36(43(39,40)27-17-15-25(41-2)16-18-27)20-30(37)35-33-19-23-9-13-26(14-10-23)42-21-31(38)34-29-6-4-3-5-28(29)32/h3-19H,20-21H2,1-2H3,(H,34,38)(H,35,37)/b33-19-. The van der Waals surface area contributed by atoms with Crippen molar-refractivity contribution in [3.63, 3.8) is 0 Å². The van der Waals surface area contributed by atoms with E-state index in [4.69, 9.17) is 21.1 Å². The minimum Gasteiger partial charge on any atom is -0.497 e. The van der Waals surface area contributed by atoms with Gasteiger partial charge in [-0.25, -0.2) is 13.8 Å². The lowest BCUT2D eigenvalue weighted by Gasteiger charge is -2.24. The molecular weight excluding hydrogens is 592 g/mol. The maximum atomic E-state index is 13.5. The van der Waals surface area contributed by atoms with Crippen molar-refractivity contribution < 1.29 is 27.5 Å². The third-order valence-corrected chi connectivity index (χ3v) is 8.18. The number of hydrazone groups is 1. The summed E-state index contributed by atoms with van der Waals surface area (Å²) >= 11 is 6.05. The molecule has 0 aliphatic heterocycles. The first-order valence-corrected chi connectivity index (χ1v) is 14.8. The normalized spacial score (nSPS) is 11.1. The molecule has 0 aliphatic carbocycles. The van der Waals surface area contributed by atoms with Gasteiger partial charge in [-0.05, 0) is 85.3 Å². The first-order chi connectivity index (χ1) is 20.7. The molecule has 0 saturated carbocycles. The molecule has 43 heavy (non-hydrogen) atoms. The number of anilines is 2. The number of para-hydroxylation sites is 1. The average molecular weight is 621 g/mol. The van der Waals surface area contributed by atoms with Crippen LogP contribution in [0.1, 0.15) is 11.1 Å². The summed E-state index contributed by atoms with van der Waals surface area (Å²) in [4.78, 5) is 25.0. The zero-order valence-corrected chi connectivity index (χ0v) is 24.9. The number of hydrogen-bond acceptors (Lipinski definition) is 7. The maximum absolute atomic E-state index is 13.5. The predicted octanol–water partition coefficient (Wildman–Crippen LogP) is 5.02. The molecule has 12 heteroatoms. The molecule has 4 rings (SSSR count). The number of aryl methyl sites for hydroxylation is 1. The number of carbonyl (C=O) groups is 2. The summed E-state index contributed by atoms with van der Waals surface area (Å²) in [5.41, 5.74) is 4.77. The van der Waals surface area contributed by atoms with Crippen molar-refractivity contribution in [2.24, 2.45) is 5.10 Å². The molecule has 0 unspecified atom stereocenters. The number of hydrogen-bond donors (Lipinski definition) is 2. The molecule has 2 amide bonds. The lowest BCUT2D eigenvalue weighted by Crippen LogP contribution is -2.39. The monoisotopic (exact) mass is 620 g/mol. The Hall–Kier alpha value is -4.87. The molecule has 222 valence electrons. The Morgan fingerprint density at radius 3 is 2.19 bits per heavy atom. The van der Waals surface area contributed by atoms with Crippen LogP contribution in [0.2, 0.25) is 5.02 Å². The van der Waals surface area contributed by atoms with Crippen molar-refractivity contribution in [2.45, 2.75) is 11.8 Å². The number of nitrogens with zero attached hydrogens (tertiary/aromatic N) is 2. The second-order valence-corrected chi connectivity index (χ2v) is 11.5. The second kappa shape index (κ2) is 14.3. The van der Waals surface area contributed by atoms with E-state index in [1.54, 1.807) is 72.8 Å². The Bertz CT molecular complexity index is 1690. The summed E-state index contributed by atoms with van der Waals surface area (Å²) in [5.74, 6) is -0.0482. The Labute approximate surface area is 254 Å². The van der Waals surface area contributed by atoms with Gasteiger partial charge in [-0.15, -0.1) is 0 Å². The number of benzene rings is 4. The average Bonchev–Trinajstić information content (AvgIpc) is 3.01. The van der Waals surface area contributed by atoms with E-state index in [-0.39, 0.29) is 17.4 Å². The summed E-state index contributed by atoms with van der Waals surface area (Å²) in [5, 5.41) is 7.06. The maximum Gasteiger partial charge on any atom is 0.264 e. The molecule has 0 aromatic heterocycles. The van der Waals surface area contributed by atoms with Gasteiger partial charge in [-0.1, -0.05) is 41.4 Å². The molecule has 0 radical (unpaired) electrons. The second-order valence-electron chi connectivity index (χ2n) is 9.20. The van der Waals surface area contributed by atoms with Crippen molar-refractivity contribution in [1.29, 1.82) is 0 Å². The van der Waals surface area contributed by atoms with Gasteiger partial charge in [-0.2, -0.15) is 5.10 Å². The fourth-order valence-electron chi connectivity index (χ4n) is 3.79. The van der Waals surface area contributed by atoms with Gasteiger partial charge >= 0.3 is 0 Å². The molecule has 0 bridgehead atoms. The molecule has 0 saturated heterocycles. The highest BCUT2D eigenvalue weighted by Crippen LogP contribution is 2.25. The van der Waals surface area contributed by atoms with Crippen molar-refractivity contribution in [2.75, 3.05) is 29.9 Å². The first-order valence-electron chi connectivity index (χ1n) is 13.0. The summed E-state index contributed by atoms with van der Waals surface area (Å²) < 4.78 is 38.7. The van der Waals surface area contributed by atoms with Crippen LogP contribution < -0.4 is 24.5 Å². The minimum absolute atomic E-state index is 0.00818. The number of methoxy groups -OCH3 is 1. The SMILES string of the molecule is COc1ccc(S(=O)(=O)N(CC(=O)N/N=C\c2ccc(OCC(=O)Nc3ccccc3Cl)cc2)c2ccc(C)cc2)cc1. The van der Waals surface area contributed by atoms with Crippen LogP contribution >= 0.6 is 11.6 Å². The fraction of sp³-hybridized carbons (Fsp3) is 0.129. The third-order valence-electron chi connectivity index (χ3n) is 6.06. The van der Waals surface area contributed by atoms with Crippen LogP contribution in [0.3, 0.4) is 0 Å². The molecule has 0 aliphatic rings. The summed E-state index contributed by atoms with van der Waals surface area (Å²) in [6.45, 7) is 1.16. The van der Waals surface area contributed by atoms with Crippen molar-refractivity contribution in [3.8, 4) is 11.5 Å². The quantitative estimate of drug-likeness (QED) is 0.169. The highest BCUT2D eigenvalue weighted by atomic mass is 35.5. The molecule has 0 atom stereocenters. The van der Waals surface area contributed by atoms with Crippen LogP contribution in [0.15, 0.2) is 107 Å². The van der Waals surface area contributed by atoms with Gasteiger partial charge in [0.2, 0.25) is 0 Å². The Morgan fingerprint density at radius 1 is 0.884 bits per heavy atom. The third kappa shape index (κ3) is 8.57. The van der Waals surface area contributed by atoms with Crippen LogP contribution in [0.25, 0.3) is 0 Å². The lowest BCUT2D eigenvalue weighted by atomic mass is 10.2. The summed E-state index contributed by atoms with van der Waals surface area (Å²) in [6, 6.07) is 26.3. The van der Waals surface area contributed by atoms with Crippen molar-refractivity contribution in [3.05, 3.63) is 113 Å². The number of amides is 2. The van der Waals surface area contributed by atoms with E-state index in [2.05, 4.69) is 15.8 Å². The number of halogens is 1. The summed E-state index contributed by atoms with van der Waals surface area (Å²) in [7, 11) is -2.60. The van der Waals surface area contributed by atoms with Crippen LogP contribution in [0, 0.1) is 6.92 Å². The van der Waals surface area contributed by atoms with Gasteiger partial charge in [0.15, 0.2) is 6.61 Å². The molecule has 4 aromatic carbocycles. The number of rotatable bonds is 12. The fourth-order valence-corrected chi connectivity index (χ4v) is 5.40. The summed E-state index contributed by atoms with van der Waals surface area (Å²) in [6.07, 6.45) is 1.40. The van der Waals surface area contributed by atoms with Crippen molar-refractivity contribution in [1.82, 2.24) is 5.43 Å². The highest BCUT2D eigenvalue weighted by molar-refractivity contribution is 7.92. The van der Waals surface area contributed by atoms with Gasteiger partial charge in [0.25, 0.3) is 21.8 Å². The van der Waals surface area contributed by atoms with Gasteiger partial charge in [0, 0.05) is 0 Å². The van der Waals surface area contributed by atoms with Gasteiger partial charge in [0.1, 0.15) is 18.0 Å². The zero-order valence-electron chi connectivity index (χ0n) is 23.4. The molecule has 0 heterocycles. The minimum atomic E-state index is -4.08. The smallest absolute Gasteiger partial charge is 0.264 e. The molecule has 0 spiro atoms.